The molecule has 0 aliphatic rings. The van der Waals surface area contributed by atoms with Crippen LogP contribution in [0, 0.1) is 11.8 Å². The summed E-state index contributed by atoms with van der Waals surface area (Å²) in [4.78, 5) is 24.8. The Hall–Kier alpha value is -2.03. The van der Waals surface area contributed by atoms with Gasteiger partial charge in [0, 0.05) is 38.2 Å². The van der Waals surface area contributed by atoms with Gasteiger partial charge in [-0.2, -0.15) is 0 Å². The van der Waals surface area contributed by atoms with E-state index in [2.05, 4.69) is 17.2 Å². The molecule has 1 aromatic rings. The Morgan fingerprint density at radius 3 is 2.71 bits per heavy atom. The van der Waals surface area contributed by atoms with Crippen LogP contribution in [0.4, 0.5) is 0 Å². The molecule has 0 unspecified atom stereocenters. The summed E-state index contributed by atoms with van der Waals surface area (Å²) in [5, 5.41) is 11.5. The van der Waals surface area contributed by atoms with E-state index >= 15 is 0 Å². The zero-order valence-corrected chi connectivity index (χ0v) is 12.7. The van der Waals surface area contributed by atoms with Gasteiger partial charge in [0.15, 0.2) is 0 Å². The van der Waals surface area contributed by atoms with Gasteiger partial charge in [0.05, 0.1) is 5.02 Å². The first-order valence-corrected chi connectivity index (χ1v) is 6.72. The first-order valence-electron chi connectivity index (χ1n) is 6.35. The van der Waals surface area contributed by atoms with Gasteiger partial charge in [-0.05, 0) is 18.2 Å². The number of carbonyl (C=O) groups excluding carboxylic acids is 2. The summed E-state index contributed by atoms with van der Waals surface area (Å²) in [6.07, 6.45) is 0.243. The summed E-state index contributed by atoms with van der Waals surface area (Å²) in [6, 6.07) is 4.78. The summed E-state index contributed by atoms with van der Waals surface area (Å²) in [5.41, 5.74) is 0.976. The second kappa shape index (κ2) is 8.30. The lowest BCUT2D eigenvalue weighted by Crippen LogP contribution is -2.31. The molecule has 0 bridgehead atoms. The maximum absolute atomic E-state index is 12.2. The molecule has 2 amide bonds. The summed E-state index contributed by atoms with van der Waals surface area (Å²) < 4.78 is 0. The fourth-order valence-corrected chi connectivity index (χ4v) is 1.83. The first kappa shape index (κ1) is 17.0. The van der Waals surface area contributed by atoms with Crippen LogP contribution in [0.5, 0.6) is 0 Å². The molecule has 2 N–H and O–H groups in total. The molecule has 0 radical (unpaired) electrons. The molecule has 0 saturated heterocycles. The van der Waals surface area contributed by atoms with Gasteiger partial charge < -0.3 is 15.3 Å². The van der Waals surface area contributed by atoms with Crippen LogP contribution in [0.15, 0.2) is 18.2 Å². The number of hydrogen-bond acceptors (Lipinski definition) is 3. The average Bonchev–Trinajstić information content (AvgIpc) is 2.50. The van der Waals surface area contributed by atoms with Crippen molar-refractivity contribution in [2.75, 3.05) is 27.2 Å². The zero-order valence-electron chi connectivity index (χ0n) is 11.9. The third-order valence-electron chi connectivity index (χ3n) is 2.82. The topological polar surface area (TPSA) is 69.6 Å². The van der Waals surface area contributed by atoms with Crippen LogP contribution in [-0.2, 0) is 4.79 Å². The SMILES string of the molecule is CNC(=O)CCN(C)C(=O)c1ccc(C#CCO)c(Cl)c1. The van der Waals surface area contributed by atoms with E-state index in [4.69, 9.17) is 16.7 Å². The van der Waals surface area contributed by atoms with Gasteiger partial charge in [-0.15, -0.1) is 0 Å². The van der Waals surface area contributed by atoms with Crippen LogP contribution >= 0.6 is 11.6 Å². The average molecular weight is 309 g/mol. The molecule has 6 heteroatoms. The summed E-state index contributed by atoms with van der Waals surface area (Å²) in [6.45, 7) is 0.0709. The Balaban J connectivity index is 2.78. The molecule has 0 spiro atoms. The Morgan fingerprint density at radius 2 is 2.14 bits per heavy atom. The quantitative estimate of drug-likeness (QED) is 0.812. The van der Waals surface area contributed by atoms with E-state index in [1.807, 2.05) is 0 Å². The van der Waals surface area contributed by atoms with Crippen LogP contribution in [-0.4, -0.2) is 49.1 Å². The van der Waals surface area contributed by atoms with Crippen LogP contribution < -0.4 is 5.32 Å². The maximum atomic E-state index is 12.2. The lowest BCUT2D eigenvalue weighted by atomic mass is 10.1. The Morgan fingerprint density at radius 1 is 1.43 bits per heavy atom. The van der Waals surface area contributed by atoms with Gasteiger partial charge in [0.25, 0.3) is 5.91 Å². The number of aliphatic hydroxyl groups is 1. The van der Waals surface area contributed by atoms with E-state index in [1.54, 1.807) is 26.2 Å². The zero-order chi connectivity index (χ0) is 15.8. The standard InChI is InChI=1S/C15H17ClN2O3/c1-17-14(20)7-8-18(2)15(21)12-6-5-11(4-3-9-19)13(16)10-12/h5-6,10,19H,7-9H2,1-2H3,(H,17,20). The van der Waals surface area contributed by atoms with Gasteiger partial charge in [0.2, 0.25) is 5.91 Å². The molecule has 0 aliphatic heterocycles. The van der Waals surface area contributed by atoms with Crippen molar-refractivity contribution in [2.24, 2.45) is 0 Å². The van der Waals surface area contributed by atoms with Gasteiger partial charge >= 0.3 is 0 Å². The van der Waals surface area contributed by atoms with Crippen molar-refractivity contribution in [3.05, 3.63) is 34.3 Å². The number of carbonyl (C=O) groups is 2. The van der Waals surface area contributed by atoms with E-state index in [0.717, 1.165) is 0 Å². The monoisotopic (exact) mass is 308 g/mol. The van der Waals surface area contributed by atoms with E-state index in [-0.39, 0.29) is 24.8 Å². The molecule has 0 heterocycles. The van der Waals surface area contributed by atoms with Gasteiger partial charge in [0.1, 0.15) is 6.61 Å². The van der Waals surface area contributed by atoms with Crippen molar-refractivity contribution in [1.29, 1.82) is 0 Å². The minimum absolute atomic E-state index is 0.123. The van der Waals surface area contributed by atoms with Crippen molar-refractivity contribution in [3.8, 4) is 11.8 Å². The number of amides is 2. The van der Waals surface area contributed by atoms with Gasteiger partial charge in [-0.3, -0.25) is 9.59 Å². The molecular weight excluding hydrogens is 292 g/mol. The molecule has 0 aliphatic carbocycles. The van der Waals surface area contributed by atoms with Crippen molar-refractivity contribution in [2.45, 2.75) is 6.42 Å². The molecule has 21 heavy (non-hydrogen) atoms. The predicted molar refractivity (Wildman–Crippen MR) is 81.1 cm³/mol. The highest BCUT2D eigenvalue weighted by Crippen LogP contribution is 2.18. The van der Waals surface area contributed by atoms with Gasteiger partial charge in [-0.1, -0.05) is 23.4 Å². The van der Waals surface area contributed by atoms with E-state index in [1.165, 1.54) is 11.0 Å². The molecule has 112 valence electrons. The highest BCUT2D eigenvalue weighted by atomic mass is 35.5. The first-order chi connectivity index (χ1) is 9.99. The number of nitrogens with one attached hydrogen (secondary N) is 1. The summed E-state index contributed by atoms with van der Waals surface area (Å²) in [7, 11) is 3.18. The van der Waals surface area contributed by atoms with E-state index < -0.39 is 0 Å². The second-order valence-corrected chi connectivity index (χ2v) is 4.71. The molecule has 1 rings (SSSR count). The fraction of sp³-hybridized carbons (Fsp3) is 0.333. The normalized spacial score (nSPS) is 9.52. The van der Waals surface area contributed by atoms with E-state index in [9.17, 15) is 9.59 Å². The van der Waals surface area contributed by atoms with Gasteiger partial charge in [-0.25, -0.2) is 0 Å². The maximum Gasteiger partial charge on any atom is 0.253 e. The number of nitrogens with zero attached hydrogens (tertiary/aromatic N) is 1. The number of benzene rings is 1. The van der Waals surface area contributed by atoms with Crippen LogP contribution in [0.2, 0.25) is 5.02 Å². The molecule has 0 saturated carbocycles. The Labute approximate surface area is 128 Å². The number of aliphatic hydroxyl groups excluding tert-OH is 1. The number of halogens is 1. The molecule has 1 aromatic carbocycles. The summed E-state index contributed by atoms with van der Waals surface area (Å²) >= 11 is 6.04. The molecule has 0 aromatic heterocycles. The molecule has 5 nitrogen and oxygen atoms in total. The van der Waals surface area contributed by atoms with Crippen LogP contribution in [0.3, 0.4) is 0 Å². The minimum atomic E-state index is -0.251. The van der Waals surface area contributed by atoms with Crippen molar-refractivity contribution >= 4 is 23.4 Å². The van der Waals surface area contributed by atoms with Crippen LogP contribution in [0.25, 0.3) is 0 Å². The highest BCUT2D eigenvalue weighted by Gasteiger charge is 2.13. The third-order valence-corrected chi connectivity index (χ3v) is 3.13. The highest BCUT2D eigenvalue weighted by molar-refractivity contribution is 6.32. The molecule has 0 fully saturated rings. The molecular formula is C15H17ClN2O3. The number of hydrogen-bond donors (Lipinski definition) is 2. The number of rotatable bonds is 4. The Kier molecular flexibility index (Phi) is 6.73. The largest absolute Gasteiger partial charge is 0.384 e. The minimum Gasteiger partial charge on any atom is -0.384 e. The Bertz CT molecular complexity index is 590. The van der Waals surface area contributed by atoms with Crippen LogP contribution in [0.1, 0.15) is 22.3 Å². The van der Waals surface area contributed by atoms with Crippen molar-refractivity contribution in [1.82, 2.24) is 10.2 Å². The smallest absolute Gasteiger partial charge is 0.253 e. The molecule has 0 atom stereocenters. The lowest BCUT2D eigenvalue weighted by Gasteiger charge is -2.17. The van der Waals surface area contributed by atoms with E-state index in [0.29, 0.717) is 22.7 Å². The predicted octanol–water partition coefficient (Wildman–Crippen LogP) is 0.892. The van der Waals surface area contributed by atoms with Crippen molar-refractivity contribution < 1.29 is 14.7 Å². The van der Waals surface area contributed by atoms with Crippen molar-refractivity contribution in [3.63, 3.8) is 0 Å². The lowest BCUT2D eigenvalue weighted by molar-refractivity contribution is -0.120. The second-order valence-electron chi connectivity index (χ2n) is 4.30. The summed E-state index contributed by atoms with van der Waals surface area (Å²) in [5.74, 6) is 4.85. The fourth-order valence-electron chi connectivity index (χ4n) is 1.60. The third kappa shape index (κ3) is 5.10.